The molecule has 0 fully saturated rings. The van der Waals surface area contributed by atoms with E-state index < -0.39 is 0 Å². The van der Waals surface area contributed by atoms with E-state index in [0.29, 0.717) is 5.92 Å². The molecular formula is C6H12OS. The molecule has 8 heavy (non-hydrogen) atoms. The Bertz CT molecular complexity index is 70.9. The van der Waals surface area contributed by atoms with E-state index in [1.54, 1.807) is 0 Å². The van der Waals surface area contributed by atoms with E-state index in [-0.39, 0.29) is 6.10 Å². The summed E-state index contributed by atoms with van der Waals surface area (Å²) in [6.45, 7) is 4.12. The average molecular weight is 132 g/mol. The Morgan fingerprint density at radius 1 is 1.62 bits per heavy atom. The maximum Gasteiger partial charge on any atom is 0.0825 e. The lowest BCUT2D eigenvalue weighted by molar-refractivity contribution is 0.219. The quantitative estimate of drug-likeness (QED) is 0.586. The van der Waals surface area contributed by atoms with Gasteiger partial charge in [-0.1, -0.05) is 26.1 Å². The van der Waals surface area contributed by atoms with E-state index >= 15 is 0 Å². The van der Waals surface area contributed by atoms with E-state index in [0.717, 1.165) is 6.42 Å². The fourth-order valence-electron chi connectivity index (χ4n) is 0.539. The van der Waals surface area contributed by atoms with E-state index in [9.17, 15) is 0 Å². The standard InChI is InChI=1S/C6H12OS/c1-5(2)3-6(7)4-8/h4-7H,3H2,1-2H3. The van der Waals surface area contributed by atoms with Gasteiger partial charge in [0.05, 0.1) is 6.10 Å². The summed E-state index contributed by atoms with van der Waals surface area (Å²) >= 11 is 4.52. The predicted molar refractivity (Wildman–Crippen MR) is 39.1 cm³/mol. The van der Waals surface area contributed by atoms with Gasteiger partial charge in [-0.15, -0.1) is 0 Å². The van der Waals surface area contributed by atoms with Gasteiger partial charge in [-0.05, 0) is 12.3 Å². The molecular weight excluding hydrogens is 120 g/mol. The molecule has 0 spiro atoms. The van der Waals surface area contributed by atoms with Crippen molar-refractivity contribution in [1.29, 1.82) is 0 Å². The van der Waals surface area contributed by atoms with Crippen molar-refractivity contribution in [3.63, 3.8) is 0 Å². The van der Waals surface area contributed by atoms with Crippen LogP contribution in [-0.4, -0.2) is 16.6 Å². The summed E-state index contributed by atoms with van der Waals surface area (Å²) in [4.78, 5) is 0. The highest BCUT2D eigenvalue weighted by Gasteiger charge is 2.00. The first-order valence-electron chi connectivity index (χ1n) is 2.80. The second-order valence-electron chi connectivity index (χ2n) is 2.33. The zero-order valence-electron chi connectivity index (χ0n) is 5.29. The zero-order chi connectivity index (χ0) is 6.57. The number of aliphatic hydroxyl groups is 1. The summed E-state index contributed by atoms with van der Waals surface area (Å²) in [6.07, 6.45) is 0.397. The molecule has 1 atom stereocenters. The molecule has 0 aromatic carbocycles. The van der Waals surface area contributed by atoms with Crippen LogP contribution in [0.15, 0.2) is 0 Å². The van der Waals surface area contributed by atoms with Crippen LogP contribution in [0.2, 0.25) is 0 Å². The highest BCUT2D eigenvalue weighted by Crippen LogP contribution is 2.01. The second kappa shape index (κ2) is 3.98. The summed E-state index contributed by atoms with van der Waals surface area (Å²) in [7, 11) is 0. The molecule has 1 nitrogen and oxygen atoms in total. The van der Waals surface area contributed by atoms with Crippen molar-refractivity contribution in [3.05, 3.63) is 0 Å². The first-order chi connectivity index (χ1) is 3.66. The number of aliphatic hydroxyl groups excluding tert-OH is 1. The number of hydrogen-bond donors (Lipinski definition) is 1. The van der Waals surface area contributed by atoms with E-state index in [1.807, 2.05) is 0 Å². The van der Waals surface area contributed by atoms with Crippen molar-refractivity contribution in [2.45, 2.75) is 26.4 Å². The summed E-state index contributed by atoms with van der Waals surface area (Å²) in [6, 6.07) is 0. The maximum atomic E-state index is 8.87. The van der Waals surface area contributed by atoms with Crippen LogP contribution in [0.4, 0.5) is 0 Å². The first-order valence-corrected chi connectivity index (χ1v) is 3.27. The lowest BCUT2D eigenvalue weighted by Gasteiger charge is -2.05. The smallest absolute Gasteiger partial charge is 0.0825 e. The van der Waals surface area contributed by atoms with Crippen LogP contribution in [0.1, 0.15) is 20.3 Å². The molecule has 0 rings (SSSR count). The molecule has 0 saturated heterocycles. The molecule has 0 aromatic rings. The Balaban J connectivity index is 3.23. The number of rotatable bonds is 3. The van der Waals surface area contributed by atoms with Crippen LogP contribution in [-0.2, 0) is 0 Å². The maximum absolute atomic E-state index is 8.87. The SMILES string of the molecule is CC(C)CC(O)C=S. The fraction of sp³-hybridized carbons (Fsp3) is 0.833. The average Bonchev–Trinajstić information content (AvgIpc) is 1.65. The normalized spacial score (nSPS) is 14.0. The lowest BCUT2D eigenvalue weighted by Crippen LogP contribution is -2.09. The van der Waals surface area contributed by atoms with Crippen LogP contribution < -0.4 is 0 Å². The fourth-order valence-corrected chi connectivity index (χ4v) is 0.650. The highest BCUT2D eigenvalue weighted by atomic mass is 32.1. The third-order valence-electron chi connectivity index (χ3n) is 0.870. The molecule has 2 heteroatoms. The van der Waals surface area contributed by atoms with Gasteiger partial charge in [0.25, 0.3) is 0 Å². The Hall–Kier alpha value is 0.0500. The Kier molecular flexibility index (Phi) is 4.01. The van der Waals surface area contributed by atoms with Crippen molar-refractivity contribution in [2.75, 3.05) is 0 Å². The van der Waals surface area contributed by atoms with Crippen LogP contribution in [0.25, 0.3) is 0 Å². The third-order valence-corrected chi connectivity index (χ3v) is 1.18. The molecule has 0 radical (unpaired) electrons. The number of thiocarbonyl (C=S) groups is 1. The molecule has 0 saturated carbocycles. The third kappa shape index (κ3) is 4.22. The molecule has 0 aromatic heterocycles. The van der Waals surface area contributed by atoms with Gasteiger partial charge in [-0.25, -0.2) is 0 Å². The van der Waals surface area contributed by atoms with E-state index in [2.05, 4.69) is 26.1 Å². The van der Waals surface area contributed by atoms with Gasteiger partial charge >= 0.3 is 0 Å². The minimum absolute atomic E-state index is 0.384. The monoisotopic (exact) mass is 132 g/mol. The topological polar surface area (TPSA) is 20.2 Å². The highest BCUT2D eigenvalue weighted by molar-refractivity contribution is 7.79. The minimum atomic E-state index is -0.384. The van der Waals surface area contributed by atoms with Crippen LogP contribution in [0, 0.1) is 5.92 Å². The van der Waals surface area contributed by atoms with Crippen LogP contribution in [0.3, 0.4) is 0 Å². The molecule has 0 heterocycles. The summed E-state index contributed by atoms with van der Waals surface area (Å²) < 4.78 is 0. The van der Waals surface area contributed by atoms with Crippen molar-refractivity contribution in [3.8, 4) is 0 Å². The summed E-state index contributed by atoms with van der Waals surface area (Å²) in [5, 5.41) is 10.3. The molecule has 0 amide bonds. The lowest BCUT2D eigenvalue weighted by atomic mass is 10.1. The van der Waals surface area contributed by atoms with E-state index in [1.165, 1.54) is 5.37 Å². The molecule has 48 valence electrons. The molecule has 0 bridgehead atoms. The Morgan fingerprint density at radius 3 is 2.25 bits per heavy atom. The van der Waals surface area contributed by atoms with Crippen LogP contribution in [0.5, 0.6) is 0 Å². The molecule has 1 N–H and O–H groups in total. The zero-order valence-corrected chi connectivity index (χ0v) is 6.11. The van der Waals surface area contributed by atoms with Gasteiger partial charge < -0.3 is 5.11 Å². The summed E-state index contributed by atoms with van der Waals surface area (Å²) in [5.41, 5.74) is 0. The van der Waals surface area contributed by atoms with E-state index in [4.69, 9.17) is 5.11 Å². The Morgan fingerprint density at radius 2 is 2.12 bits per heavy atom. The molecule has 0 aliphatic carbocycles. The Labute approximate surface area is 55.7 Å². The van der Waals surface area contributed by atoms with Gasteiger partial charge in [0.1, 0.15) is 0 Å². The number of hydrogen-bond acceptors (Lipinski definition) is 2. The molecule has 0 aliphatic rings. The van der Waals surface area contributed by atoms with Crippen molar-refractivity contribution < 1.29 is 5.11 Å². The predicted octanol–water partition coefficient (Wildman–Crippen LogP) is 1.39. The van der Waals surface area contributed by atoms with Crippen molar-refractivity contribution >= 4 is 17.6 Å². The minimum Gasteiger partial charge on any atom is -0.388 e. The van der Waals surface area contributed by atoms with Crippen molar-refractivity contribution in [1.82, 2.24) is 0 Å². The second-order valence-corrected chi connectivity index (χ2v) is 2.61. The van der Waals surface area contributed by atoms with Crippen molar-refractivity contribution in [2.24, 2.45) is 5.92 Å². The van der Waals surface area contributed by atoms with Gasteiger partial charge in [0.2, 0.25) is 0 Å². The van der Waals surface area contributed by atoms with Crippen LogP contribution >= 0.6 is 12.2 Å². The molecule has 1 unspecified atom stereocenters. The first kappa shape index (κ1) is 8.05. The van der Waals surface area contributed by atoms with Gasteiger partial charge in [-0.3, -0.25) is 0 Å². The van der Waals surface area contributed by atoms with Gasteiger partial charge in [0.15, 0.2) is 0 Å². The molecule has 0 aliphatic heterocycles. The van der Waals surface area contributed by atoms with Gasteiger partial charge in [0, 0.05) is 5.37 Å². The summed E-state index contributed by atoms with van der Waals surface area (Å²) in [5.74, 6) is 0.532. The largest absolute Gasteiger partial charge is 0.388 e. The van der Waals surface area contributed by atoms with Gasteiger partial charge in [-0.2, -0.15) is 0 Å².